The van der Waals surface area contributed by atoms with Crippen LogP contribution in [0.1, 0.15) is 43.5 Å². The van der Waals surface area contributed by atoms with Gasteiger partial charge in [-0.2, -0.15) is 9.61 Å². The molecule has 1 aromatic carbocycles. The molecule has 1 fully saturated rings. The smallest absolute Gasteiger partial charge is 0.326 e. The molecule has 0 aliphatic heterocycles. The van der Waals surface area contributed by atoms with Gasteiger partial charge in [-0.3, -0.25) is 9.98 Å². The van der Waals surface area contributed by atoms with Gasteiger partial charge in [-0.1, -0.05) is 37.3 Å². The number of aromatic amines is 2. The lowest BCUT2D eigenvalue weighted by molar-refractivity contribution is 0.454. The standard InChI is InChI=1S/C22H23N7O2/c1-2-16(13-6-4-3-5-7-13)25-18-11-19(24-15-8-9-15)29-20(27-18)14(12-23-29)10-17-21(30)28-22(31)26-17/h3-7,10-12,15-16,25,30H,2,8-9H2,1H3,(H2,26,28,31)/b14-10-,24-19?. The summed E-state index contributed by atoms with van der Waals surface area (Å²) in [5.41, 5.74) is 2.30. The minimum atomic E-state index is -0.478. The first-order chi connectivity index (χ1) is 15.1. The number of H-pyrrole nitrogens is 2. The molecule has 1 unspecified atom stereocenters. The van der Waals surface area contributed by atoms with Gasteiger partial charge in [0.25, 0.3) is 0 Å². The van der Waals surface area contributed by atoms with Crippen LogP contribution in [0.5, 0.6) is 5.88 Å². The number of rotatable bonds is 6. The second kappa shape index (κ2) is 7.75. The summed E-state index contributed by atoms with van der Waals surface area (Å²) >= 11 is 0. The molecule has 0 bridgehead atoms. The van der Waals surface area contributed by atoms with Crippen LogP contribution < -0.4 is 21.7 Å². The van der Waals surface area contributed by atoms with Crippen molar-refractivity contribution in [3.8, 4) is 5.88 Å². The van der Waals surface area contributed by atoms with E-state index in [1.807, 2.05) is 24.3 Å². The maximum atomic E-state index is 11.5. The third-order valence-electron chi connectivity index (χ3n) is 5.31. The predicted octanol–water partition coefficient (Wildman–Crippen LogP) is 1.63. The van der Waals surface area contributed by atoms with Crippen LogP contribution in [0.25, 0.3) is 11.7 Å². The van der Waals surface area contributed by atoms with Crippen molar-refractivity contribution in [3.05, 3.63) is 75.0 Å². The first-order valence-electron chi connectivity index (χ1n) is 10.4. The quantitative estimate of drug-likeness (QED) is 0.380. The molecule has 0 saturated heterocycles. The highest BCUT2D eigenvalue weighted by Gasteiger charge is 2.20. The second-order valence-corrected chi connectivity index (χ2v) is 7.70. The van der Waals surface area contributed by atoms with Crippen molar-refractivity contribution >= 4 is 17.5 Å². The molecule has 1 aliphatic rings. The van der Waals surface area contributed by atoms with E-state index in [0.29, 0.717) is 22.7 Å². The van der Waals surface area contributed by atoms with Crippen molar-refractivity contribution in [2.75, 3.05) is 5.32 Å². The molecule has 1 aliphatic carbocycles. The molecule has 3 aromatic heterocycles. The van der Waals surface area contributed by atoms with Crippen LogP contribution in [0.4, 0.5) is 5.82 Å². The number of nitrogens with one attached hydrogen (secondary N) is 3. The summed E-state index contributed by atoms with van der Waals surface area (Å²) in [4.78, 5) is 25.9. The molecule has 4 aromatic rings. The second-order valence-electron chi connectivity index (χ2n) is 7.70. The highest BCUT2D eigenvalue weighted by molar-refractivity contribution is 5.58. The van der Waals surface area contributed by atoms with Crippen LogP contribution in [0.2, 0.25) is 0 Å². The minimum absolute atomic E-state index is 0.102. The Balaban J connectivity index is 1.64. The molecule has 0 amide bonds. The monoisotopic (exact) mass is 417 g/mol. The highest BCUT2D eigenvalue weighted by Crippen LogP contribution is 2.23. The number of hydrogen-bond acceptors (Lipinski definition) is 6. The Morgan fingerprint density at radius 2 is 2.13 bits per heavy atom. The zero-order chi connectivity index (χ0) is 21.4. The Morgan fingerprint density at radius 1 is 1.32 bits per heavy atom. The molecule has 3 heterocycles. The Morgan fingerprint density at radius 3 is 2.81 bits per heavy atom. The predicted molar refractivity (Wildman–Crippen MR) is 117 cm³/mol. The molecule has 4 N–H and O–H groups in total. The van der Waals surface area contributed by atoms with E-state index in [0.717, 1.165) is 24.8 Å². The maximum absolute atomic E-state index is 11.5. The molecule has 0 spiro atoms. The van der Waals surface area contributed by atoms with E-state index in [9.17, 15) is 9.90 Å². The first-order valence-corrected chi connectivity index (χ1v) is 10.4. The summed E-state index contributed by atoms with van der Waals surface area (Å²) in [6, 6.07) is 12.6. The van der Waals surface area contributed by atoms with Gasteiger partial charge in [-0.25, -0.2) is 9.78 Å². The number of aromatic hydroxyl groups is 1. The van der Waals surface area contributed by atoms with Gasteiger partial charge >= 0.3 is 5.69 Å². The van der Waals surface area contributed by atoms with Gasteiger partial charge in [0.1, 0.15) is 11.5 Å². The van der Waals surface area contributed by atoms with Gasteiger partial charge < -0.3 is 15.4 Å². The van der Waals surface area contributed by atoms with Gasteiger partial charge in [0, 0.05) is 11.3 Å². The van der Waals surface area contributed by atoms with Crippen molar-refractivity contribution in [1.29, 1.82) is 0 Å². The summed E-state index contributed by atoms with van der Waals surface area (Å²) in [6.45, 7) is 2.13. The molecular weight excluding hydrogens is 394 g/mol. The molecule has 1 saturated carbocycles. The zero-order valence-electron chi connectivity index (χ0n) is 17.0. The normalized spacial score (nSPS) is 16.2. The lowest BCUT2D eigenvalue weighted by Gasteiger charge is -2.18. The molecule has 31 heavy (non-hydrogen) atoms. The number of benzene rings is 1. The summed E-state index contributed by atoms with van der Waals surface area (Å²) in [7, 11) is 0. The van der Waals surface area contributed by atoms with E-state index in [1.54, 1.807) is 16.8 Å². The third-order valence-corrected chi connectivity index (χ3v) is 5.31. The Bertz CT molecular complexity index is 1400. The van der Waals surface area contributed by atoms with Crippen LogP contribution in [-0.4, -0.2) is 35.7 Å². The van der Waals surface area contributed by atoms with Crippen molar-refractivity contribution in [1.82, 2.24) is 24.6 Å². The fourth-order valence-electron chi connectivity index (χ4n) is 3.55. The number of imidazole rings is 1. The van der Waals surface area contributed by atoms with Crippen LogP contribution >= 0.6 is 0 Å². The lowest BCUT2D eigenvalue weighted by Crippen LogP contribution is -2.21. The summed E-state index contributed by atoms with van der Waals surface area (Å²) < 4.78 is 1.70. The molecule has 158 valence electrons. The van der Waals surface area contributed by atoms with Crippen LogP contribution in [-0.2, 0) is 0 Å². The maximum Gasteiger partial charge on any atom is 0.326 e. The Labute approximate surface area is 177 Å². The number of aromatic nitrogens is 5. The number of nitrogens with zero attached hydrogens (tertiary/aromatic N) is 4. The van der Waals surface area contributed by atoms with Crippen molar-refractivity contribution in [2.24, 2.45) is 4.99 Å². The van der Waals surface area contributed by atoms with Crippen LogP contribution in [0.3, 0.4) is 0 Å². The third kappa shape index (κ3) is 3.94. The van der Waals surface area contributed by atoms with Gasteiger partial charge in [0.05, 0.1) is 18.3 Å². The van der Waals surface area contributed by atoms with E-state index in [4.69, 9.17) is 9.98 Å². The average molecular weight is 417 g/mol. The SMILES string of the molecule is CCC(Nc1cc(=NC2CC2)n2nc/c(=C/c3[nH]c(=O)[nH]c3O)c2n1)c1ccccc1. The molecule has 9 nitrogen and oxygen atoms in total. The lowest BCUT2D eigenvalue weighted by atomic mass is 10.0. The Kier molecular flexibility index (Phi) is 4.78. The van der Waals surface area contributed by atoms with Crippen molar-refractivity contribution in [3.63, 3.8) is 0 Å². The largest absolute Gasteiger partial charge is 0.493 e. The molecule has 0 radical (unpaired) electrons. The molecule has 9 heteroatoms. The molecular formula is C22H23N7O2. The summed E-state index contributed by atoms with van der Waals surface area (Å²) in [5, 5.41) is 18.6. The first kappa shape index (κ1) is 19.1. The van der Waals surface area contributed by atoms with E-state index < -0.39 is 5.69 Å². The van der Waals surface area contributed by atoms with Crippen LogP contribution in [0, 0.1) is 0 Å². The highest BCUT2D eigenvalue weighted by atomic mass is 16.3. The average Bonchev–Trinajstić information content (AvgIpc) is 3.41. The van der Waals surface area contributed by atoms with Gasteiger partial charge in [-0.05, 0) is 30.9 Å². The van der Waals surface area contributed by atoms with Gasteiger partial charge in [0.2, 0.25) is 5.88 Å². The summed E-state index contributed by atoms with van der Waals surface area (Å²) in [6.07, 6.45) is 6.33. The van der Waals surface area contributed by atoms with E-state index in [-0.39, 0.29) is 17.6 Å². The summed E-state index contributed by atoms with van der Waals surface area (Å²) in [5.74, 6) is 0.473. The number of hydrogen-bond donors (Lipinski definition) is 4. The fraction of sp³-hybridized carbons (Fsp3) is 0.273. The van der Waals surface area contributed by atoms with E-state index in [2.05, 4.69) is 39.4 Å². The van der Waals surface area contributed by atoms with E-state index >= 15 is 0 Å². The topological polar surface area (TPSA) is 123 Å². The number of anilines is 1. The minimum Gasteiger partial charge on any atom is -0.493 e. The van der Waals surface area contributed by atoms with Crippen molar-refractivity contribution < 1.29 is 5.11 Å². The van der Waals surface area contributed by atoms with E-state index in [1.165, 1.54) is 5.56 Å². The Hall–Kier alpha value is -3.88. The van der Waals surface area contributed by atoms with Gasteiger partial charge in [-0.15, -0.1) is 0 Å². The van der Waals surface area contributed by atoms with Gasteiger partial charge in [0.15, 0.2) is 11.1 Å². The fourth-order valence-corrected chi connectivity index (χ4v) is 3.55. The van der Waals surface area contributed by atoms with Crippen LogP contribution in [0.15, 0.2) is 52.4 Å². The number of fused-ring (bicyclic) bond motifs is 1. The molecule has 5 rings (SSSR count). The zero-order valence-corrected chi connectivity index (χ0v) is 17.0. The van der Waals surface area contributed by atoms with Crippen molar-refractivity contribution in [2.45, 2.75) is 38.3 Å². The molecule has 1 atom stereocenters.